The van der Waals surface area contributed by atoms with E-state index in [2.05, 4.69) is 20.4 Å². The van der Waals surface area contributed by atoms with E-state index in [4.69, 9.17) is 10.8 Å². The first-order chi connectivity index (χ1) is 14.2. The van der Waals surface area contributed by atoms with E-state index in [0.717, 1.165) is 19.3 Å². The number of amidine groups is 1. The van der Waals surface area contributed by atoms with E-state index in [1.165, 1.54) is 12.7 Å². The molecule has 2 heterocycles. The fraction of sp³-hybridized carbons (Fsp3) is 0.200. The molecule has 0 atom stereocenters. The van der Waals surface area contributed by atoms with Gasteiger partial charge in [-0.25, -0.2) is 9.67 Å². The van der Waals surface area contributed by atoms with E-state index in [1.807, 2.05) is 0 Å². The van der Waals surface area contributed by atoms with Gasteiger partial charge in [-0.3, -0.25) is 20.6 Å². The number of anilines is 1. The molecule has 0 aliphatic heterocycles. The number of aromatic nitrogens is 4. The molecule has 1 aliphatic rings. The molecular formula is C20H20N8O. The third-order valence-corrected chi connectivity index (χ3v) is 4.92. The first-order valence-corrected chi connectivity index (χ1v) is 9.26. The largest absolute Gasteiger partial charge is 0.321 e. The summed E-state index contributed by atoms with van der Waals surface area (Å²) in [4.78, 5) is 22.4. The summed E-state index contributed by atoms with van der Waals surface area (Å²) in [5.41, 5.74) is 2.13. The van der Waals surface area contributed by atoms with E-state index in [9.17, 15) is 4.79 Å². The molecule has 146 valence electrons. The first kappa shape index (κ1) is 18.5. The lowest BCUT2D eigenvalue weighted by atomic mass is 9.91. The van der Waals surface area contributed by atoms with Crippen LogP contribution in [0.25, 0.3) is 5.69 Å². The molecule has 1 saturated carbocycles. The van der Waals surface area contributed by atoms with Crippen molar-refractivity contribution in [3.63, 3.8) is 0 Å². The molecule has 29 heavy (non-hydrogen) atoms. The van der Waals surface area contributed by atoms with Gasteiger partial charge in [0.2, 0.25) is 0 Å². The number of hydrogen-bond donors (Lipinski definition) is 3. The Labute approximate surface area is 167 Å². The minimum atomic E-state index is -0.362. The van der Waals surface area contributed by atoms with Crippen molar-refractivity contribution in [2.24, 2.45) is 0 Å². The Morgan fingerprint density at radius 2 is 2.14 bits per heavy atom. The van der Waals surface area contributed by atoms with E-state index in [1.54, 1.807) is 58.5 Å². The summed E-state index contributed by atoms with van der Waals surface area (Å²) in [6.07, 6.45) is 8.81. The van der Waals surface area contributed by atoms with Gasteiger partial charge in [0.05, 0.1) is 12.0 Å². The lowest BCUT2D eigenvalue weighted by molar-refractivity contribution is 0.102. The molecule has 9 heteroatoms. The topological polar surface area (TPSA) is 124 Å². The maximum Gasteiger partial charge on any atom is 0.274 e. The van der Waals surface area contributed by atoms with Gasteiger partial charge in [-0.05, 0) is 43.5 Å². The van der Waals surface area contributed by atoms with Crippen molar-refractivity contribution in [3.8, 4) is 5.69 Å². The lowest BCUT2D eigenvalue weighted by Crippen LogP contribution is -2.43. The van der Waals surface area contributed by atoms with Crippen molar-refractivity contribution < 1.29 is 4.79 Å². The number of carbonyl (C=O) groups excluding carboxylic acids is 1. The highest BCUT2D eigenvalue weighted by Gasteiger charge is 2.26. The maximum atomic E-state index is 12.7. The quantitative estimate of drug-likeness (QED) is 0.442. The molecule has 0 bridgehead atoms. The van der Waals surface area contributed by atoms with Gasteiger partial charge >= 0.3 is 0 Å². The number of carbonyl (C=O) groups is 1. The number of pyridine rings is 1. The summed E-state index contributed by atoms with van der Waals surface area (Å²) in [5, 5.41) is 22.9. The van der Waals surface area contributed by atoms with E-state index < -0.39 is 0 Å². The van der Waals surface area contributed by atoms with Crippen LogP contribution < -0.4 is 5.32 Å². The normalized spacial score (nSPS) is 13.4. The first-order valence-electron chi connectivity index (χ1n) is 9.26. The standard InChI is InChI=1S/C20H20N8O/c21-11-27(16-5-2-6-16)19(22)14-3-1-4-15(9-14)26-20(29)18-10-17(7-8-24-18)28-13-23-12-25-28/h1,3-4,7-13,16,21-22H,2,5-6H2,(H,26,29). The van der Waals surface area contributed by atoms with Crippen molar-refractivity contribution in [1.82, 2.24) is 24.6 Å². The van der Waals surface area contributed by atoms with Gasteiger partial charge in [-0.1, -0.05) is 12.1 Å². The second kappa shape index (κ2) is 8.01. The van der Waals surface area contributed by atoms with Crippen LogP contribution in [-0.4, -0.2) is 48.8 Å². The molecule has 3 N–H and O–H groups in total. The molecule has 1 amide bonds. The molecule has 1 aromatic carbocycles. The monoisotopic (exact) mass is 388 g/mol. The Hall–Kier alpha value is -3.88. The number of benzene rings is 1. The average molecular weight is 388 g/mol. The van der Waals surface area contributed by atoms with Crippen molar-refractivity contribution in [2.45, 2.75) is 25.3 Å². The van der Waals surface area contributed by atoms with Crippen LogP contribution in [0.4, 0.5) is 5.69 Å². The van der Waals surface area contributed by atoms with Crippen molar-refractivity contribution in [2.75, 3.05) is 5.32 Å². The molecule has 1 fully saturated rings. The number of amides is 1. The number of nitrogens with one attached hydrogen (secondary N) is 3. The summed E-state index contributed by atoms with van der Waals surface area (Å²) in [6, 6.07) is 10.6. The second-order valence-corrected chi connectivity index (χ2v) is 6.74. The van der Waals surface area contributed by atoms with Gasteiger partial charge in [0, 0.05) is 23.5 Å². The minimum Gasteiger partial charge on any atom is -0.321 e. The summed E-state index contributed by atoms with van der Waals surface area (Å²) in [6.45, 7) is 0. The summed E-state index contributed by atoms with van der Waals surface area (Å²) in [7, 11) is 0. The van der Waals surface area contributed by atoms with E-state index >= 15 is 0 Å². The highest BCUT2D eigenvalue weighted by Crippen LogP contribution is 2.25. The van der Waals surface area contributed by atoms with Crippen LogP contribution in [0, 0.1) is 10.8 Å². The molecule has 1 aliphatic carbocycles. The maximum absolute atomic E-state index is 12.7. The second-order valence-electron chi connectivity index (χ2n) is 6.74. The molecule has 3 aromatic rings. The lowest BCUT2D eigenvalue weighted by Gasteiger charge is -2.36. The SMILES string of the molecule is N=CN(C(=N)c1cccc(NC(=O)c2cc(-n3cncn3)ccn2)c1)C1CCC1. The Morgan fingerprint density at radius 1 is 1.28 bits per heavy atom. The third-order valence-electron chi connectivity index (χ3n) is 4.92. The van der Waals surface area contributed by atoms with Crippen LogP contribution in [0.5, 0.6) is 0 Å². The molecule has 0 radical (unpaired) electrons. The fourth-order valence-corrected chi connectivity index (χ4v) is 3.13. The molecule has 4 rings (SSSR count). The van der Waals surface area contributed by atoms with Gasteiger partial charge < -0.3 is 10.2 Å². The predicted molar refractivity (Wildman–Crippen MR) is 109 cm³/mol. The van der Waals surface area contributed by atoms with Crippen LogP contribution in [0.2, 0.25) is 0 Å². The molecule has 0 spiro atoms. The Morgan fingerprint density at radius 3 is 2.83 bits per heavy atom. The van der Waals surface area contributed by atoms with E-state index in [0.29, 0.717) is 16.9 Å². The van der Waals surface area contributed by atoms with Crippen molar-refractivity contribution in [3.05, 3.63) is 66.5 Å². The van der Waals surface area contributed by atoms with Gasteiger partial charge in [-0.2, -0.15) is 5.10 Å². The van der Waals surface area contributed by atoms with Crippen molar-refractivity contribution >= 4 is 23.8 Å². The van der Waals surface area contributed by atoms with Crippen LogP contribution in [0.15, 0.2) is 55.2 Å². The molecule has 0 unspecified atom stereocenters. The Balaban J connectivity index is 1.50. The number of hydrogen-bond acceptors (Lipinski definition) is 6. The van der Waals surface area contributed by atoms with Crippen molar-refractivity contribution in [1.29, 1.82) is 10.8 Å². The van der Waals surface area contributed by atoms with Crippen LogP contribution in [0.3, 0.4) is 0 Å². The molecule has 9 nitrogen and oxygen atoms in total. The Bertz CT molecular complexity index is 1040. The van der Waals surface area contributed by atoms with Gasteiger partial charge in [0.1, 0.15) is 24.2 Å². The van der Waals surface area contributed by atoms with Crippen LogP contribution >= 0.6 is 0 Å². The van der Waals surface area contributed by atoms with Crippen LogP contribution in [0.1, 0.15) is 35.3 Å². The summed E-state index contributed by atoms with van der Waals surface area (Å²) < 4.78 is 1.55. The zero-order valence-corrected chi connectivity index (χ0v) is 15.6. The fourth-order valence-electron chi connectivity index (χ4n) is 3.13. The van der Waals surface area contributed by atoms with Gasteiger partial charge in [-0.15, -0.1) is 0 Å². The molecule has 0 saturated heterocycles. The minimum absolute atomic E-state index is 0.210. The average Bonchev–Trinajstić information content (AvgIpc) is 3.25. The number of nitrogens with zero attached hydrogens (tertiary/aromatic N) is 5. The zero-order chi connectivity index (χ0) is 20.2. The van der Waals surface area contributed by atoms with E-state index in [-0.39, 0.29) is 23.5 Å². The zero-order valence-electron chi connectivity index (χ0n) is 15.6. The third kappa shape index (κ3) is 3.88. The Kier molecular flexibility index (Phi) is 5.10. The smallest absolute Gasteiger partial charge is 0.274 e. The van der Waals surface area contributed by atoms with Gasteiger partial charge in [0.15, 0.2) is 0 Å². The highest BCUT2D eigenvalue weighted by atomic mass is 16.1. The summed E-state index contributed by atoms with van der Waals surface area (Å²) >= 11 is 0. The highest BCUT2D eigenvalue weighted by molar-refractivity contribution is 6.06. The molecule has 2 aromatic heterocycles. The van der Waals surface area contributed by atoms with Crippen LogP contribution in [-0.2, 0) is 0 Å². The molecular weight excluding hydrogens is 368 g/mol. The predicted octanol–water partition coefficient (Wildman–Crippen LogP) is 2.70. The van der Waals surface area contributed by atoms with Gasteiger partial charge in [0.25, 0.3) is 5.91 Å². The summed E-state index contributed by atoms with van der Waals surface area (Å²) in [5.74, 6) is -0.106. The number of rotatable bonds is 6.